The van der Waals surface area contributed by atoms with Crippen LogP contribution in [-0.4, -0.2) is 59.8 Å². The maximum absolute atomic E-state index is 14.0. The van der Waals surface area contributed by atoms with Gasteiger partial charge >= 0.3 is 0 Å². The second-order valence-corrected chi connectivity index (χ2v) is 8.83. The van der Waals surface area contributed by atoms with Gasteiger partial charge in [0.15, 0.2) is 0 Å². The number of nitrogens with zero attached hydrogens (tertiary/aromatic N) is 4. The van der Waals surface area contributed by atoms with Crippen LogP contribution in [0.2, 0.25) is 5.02 Å². The molecule has 0 spiro atoms. The SMILES string of the molecule is CN1CCC(CNc2cc(N3CCCC(CO)C3)ncn2)C1c1ccc(Cl)c(F)c1. The highest BCUT2D eigenvalue weighted by Gasteiger charge is 2.33. The fraction of sp³-hybridized carbons (Fsp3) is 0.545. The van der Waals surface area contributed by atoms with Crippen LogP contribution in [0.5, 0.6) is 0 Å². The summed E-state index contributed by atoms with van der Waals surface area (Å²) < 4.78 is 14.0. The van der Waals surface area contributed by atoms with Crippen LogP contribution in [0.3, 0.4) is 0 Å². The van der Waals surface area contributed by atoms with Crippen LogP contribution >= 0.6 is 11.6 Å². The Morgan fingerprint density at radius 1 is 1.23 bits per heavy atom. The minimum Gasteiger partial charge on any atom is -0.396 e. The van der Waals surface area contributed by atoms with Crippen LogP contribution in [0.1, 0.15) is 30.9 Å². The molecule has 3 atom stereocenters. The molecule has 0 aliphatic carbocycles. The third-order valence-electron chi connectivity index (χ3n) is 6.36. The molecule has 0 amide bonds. The molecule has 30 heavy (non-hydrogen) atoms. The molecule has 2 aromatic rings. The van der Waals surface area contributed by atoms with Crippen LogP contribution in [0.25, 0.3) is 0 Å². The van der Waals surface area contributed by atoms with E-state index in [9.17, 15) is 9.50 Å². The Morgan fingerprint density at radius 3 is 2.90 bits per heavy atom. The lowest BCUT2D eigenvalue weighted by molar-refractivity contribution is 0.208. The molecule has 3 heterocycles. The minimum absolute atomic E-state index is 0.137. The molecule has 2 aliphatic rings. The Bertz CT molecular complexity index is 869. The van der Waals surface area contributed by atoms with Crippen molar-refractivity contribution in [2.45, 2.75) is 25.3 Å². The van der Waals surface area contributed by atoms with E-state index in [0.29, 0.717) is 11.8 Å². The van der Waals surface area contributed by atoms with Gasteiger partial charge in [-0.15, -0.1) is 0 Å². The zero-order valence-corrected chi connectivity index (χ0v) is 18.0. The minimum atomic E-state index is -0.371. The van der Waals surface area contributed by atoms with E-state index >= 15 is 0 Å². The summed E-state index contributed by atoms with van der Waals surface area (Å²) in [4.78, 5) is 13.3. The van der Waals surface area contributed by atoms with Crippen molar-refractivity contribution in [1.29, 1.82) is 0 Å². The Labute approximate surface area is 182 Å². The highest BCUT2D eigenvalue weighted by Crippen LogP contribution is 2.37. The lowest BCUT2D eigenvalue weighted by Gasteiger charge is -2.32. The van der Waals surface area contributed by atoms with Crippen molar-refractivity contribution in [3.63, 3.8) is 0 Å². The summed E-state index contributed by atoms with van der Waals surface area (Å²) in [5.41, 5.74) is 0.954. The zero-order chi connectivity index (χ0) is 21.1. The third-order valence-corrected chi connectivity index (χ3v) is 6.66. The molecule has 0 saturated carbocycles. The Hall–Kier alpha value is -1.96. The van der Waals surface area contributed by atoms with E-state index in [1.807, 2.05) is 12.1 Å². The third kappa shape index (κ3) is 4.68. The van der Waals surface area contributed by atoms with Gasteiger partial charge in [-0.3, -0.25) is 4.90 Å². The van der Waals surface area contributed by atoms with Gasteiger partial charge in [0.1, 0.15) is 23.8 Å². The van der Waals surface area contributed by atoms with Gasteiger partial charge in [0.25, 0.3) is 0 Å². The predicted molar refractivity (Wildman–Crippen MR) is 117 cm³/mol. The molecule has 2 fully saturated rings. The van der Waals surface area contributed by atoms with Crippen LogP contribution in [0, 0.1) is 17.7 Å². The summed E-state index contributed by atoms with van der Waals surface area (Å²) in [6, 6.07) is 7.23. The van der Waals surface area contributed by atoms with Crippen molar-refractivity contribution in [3.8, 4) is 0 Å². The van der Waals surface area contributed by atoms with Gasteiger partial charge in [0.2, 0.25) is 0 Å². The monoisotopic (exact) mass is 433 g/mol. The van der Waals surface area contributed by atoms with E-state index in [2.05, 4.69) is 32.1 Å². The average molecular weight is 434 g/mol. The first-order chi connectivity index (χ1) is 14.5. The average Bonchev–Trinajstić information content (AvgIpc) is 3.15. The fourth-order valence-electron chi connectivity index (χ4n) is 4.74. The number of aliphatic hydroxyl groups is 1. The Balaban J connectivity index is 1.43. The second kappa shape index (κ2) is 9.45. The first-order valence-corrected chi connectivity index (χ1v) is 11.0. The van der Waals surface area contributed by atoms with E-state index in [-0.39, 0.29) is 23.5 Å². The predicted octanol–water partition coefficient (Wildman–Crippen LogP) is 3.58. The number of nitrogens with one attached hydrogen (secondary N) is 1. The summed E-state index contributed by atoms with van der Waals surface area (Å²) in [5, 5.41) is 13.1. The van der Waals surface area contributed by atoms with E-state index in [1.54, 1.807) is 18.5 Å². The number of hydrogen-bond donors (Lipinski definition) is 2. The van der Waals surface area contributed by atoms with E-state index in [1.165, 1.54) is 0 Å². The molecule has 6 nitrogen and oxygen atoms in total. The zero-order valence-electron chi connectivity index (χ0n) is 17.3. The number of aromatic nitrogens is 2. The fourth-order valence-corrected chi connectivity index (χ4v) is 4.86. The standard InChI is InChI=1S/C22H29ClFN5O/c1-28-8-6-17(22(28)16-4-5-18(23)19(24)9-16)11-25-20-10-21(27-14-26-20)29-7-2-3-15(12-29)13-30/h4-5,9-10,14-15,17,22,30H,2-3,6-8,11-13H2,1H3,(H,25,26,27). The van der Waals surface area contributed by atoms with Crippen LogP contribution < -0.4 is 10.2 Å². The Kier molecular flexibility index (Phi) is 6.71. The number of anilines is 2. The molecular formula is C22H29ClFN5O. The molecule has 2 saturated heterocycles. The molecule has 2 N–H and O–H groups in total. The Morgan fingerprint density at radius 2 is 2.10 bits per heavy atom. The molecule has 4 rings (SSSR count). The van der Waals surface area contributed by atoms with E-state index < -0.39 is 0 Å². The summed E-state index contributed by atoms with van der Waals surface area (Å²) in [6.45, 7) is 3.70. The number of piperidine rings is 1. The van der Waals surface area contributed by atoms with Gasteiger partial charge in [-0.2, -0.15) is 0 Å². The normalized spacial score (nSPS) is 24.9. The van der Waals surface area contributed by atoms with Crippen molar-refractivity contribution in [2.24, 2.45) is 11.8 Å². The van der Waals surface area contributed by atoms with Gasteiger partial charge in [0, 0.05) is 38.3 Å². The van der Waals surface area contributed by atoms with Gasteiger partial charge < -0.3 is 15.3 Å². The molecule has 0 bridgehead atoms. The van der Waals surface area contributed by atoms with Crippen LogP contribution in [0.4, 0.5) is 16.0 Å². The molecule has 3 unspecified atom stereocenters. The van der Waals surface area contributed by atoms with Gasteiger partial charge in [0.05, 0.1) is 5.02 Å². The molecule has 0 radical (unpaired) electrons. The van der Waals surface area contributed by atoms with Crippen molar-refractivity contribution in [2.75, 3.05) is 50.1 Å². The largest absolute Gasteiger partial charge is 0.396 e. The highest BCUT2D eigenvalue weighted by molar-refractivity contribution is 6.30. The number of halogens is 2. The molecular weight excluding hydrogens is 405 g/mol. The lowest BCUT2D eigenvalue weighted by atomic mass is 9.93. The van der Waals surface area contributed by atoms with E-state index in [4.69, 9.17) is 11.6 Å². The topological polar surface area (TPSA) is 64.5 Å². The van der Waals surface area contributed by atoms with Crippen molar-refractivity contribution in [3.05, 3.63) is 47.0 Å². The molecule has 8 heteroatoms. The molecule has 1 aromatic heterocycles. The van der Waals surface area contributed by atoms with Crippen LogP contribution in [-0.2, 0) is 0 Å². The quantitative estimate of drug-likeness (QED) is 0.726. The van der Waals surface area contributed by atoms with Crippen molar-refractivity contribution >= 4 is 23.2 Å². The first kappa shape index (κ1) is 21.3. The second-order valence-electron chi connectivity index (χ2n) is 8.43. The van der Waals surface area contributed by atoms with Crippen LogP contribution in [0.15, 0.2) is 30.6 Å². The van der Waals surface area contributed by atoms with Crippen molar-refractivity contribution < 1.29 is 9.50 Å². The van der Waals surface area contributed by atoms with Gasteiger partial charge in [-0.1, -0.05) is 17.7 Å². The first-order valence-electron chi connectivity index (χ1n) is 10.6. The summed E-state index contributed by atoms with van der Waals surface area (Å²) >= 11 is 5.87. The number of likely N-dealkylation sites (tertiary alicyclic amines) is 1. The van der Waals surface area contributed by atoms with Gasteiger partial charge in [-0.05, 0) is 62.4 Å². The number of rotatable bonds is 6. The van der Waals surface area contributed by atoms with Gasteiger partial charge in [-0.25, -0.2) is 14.4 Å². The maximum Gasteiger partial charge on any atom is 0.142 e. The molecule has 2 aliphatic heterocycles. The number of benzene rings is 1. The highest BCUT2D eigenvalue weighted by atomic mass is 35.5. The smallest absolute Gasteiger partial charge is 0.142 e. The molecule has 1 aromatic carbocycles. The molecule has 162 valence electrons. The van der Waals surface area contributed by atoms with Crippen molar-refractivity contribution in [1.82, 2.24) is 14.9 Å². The lowest BCUT2D eigenvalue weighted by Crippen LogP contribution is -2.37. The van der Waals surface area contributed by atoms with E-state index in [0.717, 1.165) is 62.6 Å². The number of hydrogen-bond acceptors (Lipinski definition) is 6. The summed E-state index contributed by atoms with van der Waals surface area (Å²) in [5.74, 6) is 1.96. The number of aliphatic hydroxyl groups excluding tert-OH is 1. The summed E-state index contributed by atoms with van der Waals surface area (Å²) in [7, 11) is 2.08. The summed E-state index contributed by atoms with van der Waals surface area (Å²) in [6.07, 6.45) is 4.74. The maximum atomic E-state index is 14.0.